The number of ether oxygens (including phenoxy) is 3. The maximum atomic E-state index is 12.9. The Balaban J connectivity index is 1.72. The van der Waals surface area contributed by atoms with Crippen LogP contribution in [0.5, 0.6) is 11.5 Å². The summed E-state index contributed by atoms with van der Waals surface area (Å²) in [6.07, 6.45) is 2.45. The van der Waals surface area contributed by atoms with E-state index in [1.807, 2.05) is 6.07 Å². The van der Waals surface area contributed by atoms with E-state index in [1.165, 1.54) is 23.8 Å². The molecule has 2 aromatic rings. The van der Waals surface area contributed by atoms with Gasteiger partial charge < -0.3 is 14.2 Å². The van der Waals surface area contributed by atoms with Gasteiger partial charge in [0.05, 0.1) is 23.1 Å². The van der Waals surface area contributed by atoms with Crippen molar-refractivity contribution in [2.45, 2.75) is 26.4 Å². The summed E-state index contributed by atoms with van der Waals surface area (Å²) in [5.41, 5.74) is 1.51. The van der Waals surface area contributed by atoms with Crippen molar-refractivity contribution in [2.24, 2.45) is 0 Å². The van der Waals surface area contributed by atoms with Crippen molar-refractivity contribution in [3.63, 3.8) is 0 Å². The lowest BCUT2D eigenvalue weighted by molar-refractivity contribution is -0.143. The highest BCUT2D eigenvalue weighted by molar-refractivity contribution is 9.10. The van der Waals surface area contributed by atoms with Gasteiger partial charge in [0.2, 0.25) is 0 Å². The number of methoxy groups -OCH3 is 1. The number of carbonyl (C=O) groups is 2. The smallest absolute Gasteiger partial charge is 0.305 e. The number of thiocarbonyl (C=S) groups is 1. The fourth-order valence-electron chi connectivity index (χ4n) is 3.21. The largest absolute Gasteiger partial charge is 0.493 e. The summed E-state index contributed by atoms with van der Waals surface area (Å²) in [5.74, 6) is 0.505. The van der Waals surface area contributed by atoms with Crippen molar-refractivity contribution < 1.29 is 23.8 Å². The Kier molecular flexibility index (Phi) is 10.3. The van der Waals surface area contributed by atoms with E-state index in [1.54, 1.807) is 37.3 Å². The minimum Gasteiger partial charge on any atom is -0.493 e. The summed E-state index contributed by atoms with van der Waals surface area (Å²) >= 11 is 22.3. The van der Waals surface area contributed by atoms with Crippen LogP contribution < -0.4 is 9.47 Å². The Bertz CT molecular complexity index is 1170. The van der Waals surface area contributed by atoms with Gasteiger partial charge in [-0.25, -0.2) is 0 Å². The maximum Gasteiger partial charge on any atom is 0.305 e. The number of rotatable bonds is 10. The van der Waals surface area contributed by atoms with E-state index in [2.05, 4.69) is 15.9 Å². The molecule has 0 unspecified atom stereocenters. The van der Waals surface area contributed by atoms with Crippen molar-refractivity contribution in [3.05, 3.63) is 60.9 Å². The van der Waals surface area contributed by atoms with Crippen molar-refractivity contribution in [1.82, 2.24) is 4.90 Å². The first-order valence-electron chi connectivity index (χ1n) is 10.6. The summed E-state index contributed by atoms with van der Waals surface area (Å²) < 4.78 is 17.5. The van der Waals surface area contributed by atoms with Crippen LogP contribution in [0.1, 0.15) is 30.9 Å². The number of nitrogens with zero attached hydrogens (tertiary/aromatic N) is 1. The van der Waals surface area contributed by atoms with E-state index in [9.17, 15) is 9.59 Å². The summed E-state index contributed by atoms with van der Waals surface area (Å²) in [6.45, 7) is 2.66. The molecule has 0 radical (unpaired) electrons. The molecule has 0 spiro atoms. The molecule has 186 valence electrons. The van der Waals surface area contributed by atoms with Crippen LogP contribution in [0.2, 0.25) is 10.0 Å². The van der Waals surface area contributed by atoms with Crippen molar-refractivity contribution in [1.29, 1.82) is 0 Å². The van der Waals surface area contributed by atoms with Gasteiger partial charge in [0.25, 0.3) is 5.91 Å². The Labute approximate surface area is 232 Å². The van der Waals surface area contributed by atoms with Gasteiger partial charge in [0, 0.05) is 28.6 Å². The summed E-state index contributed by atoms with van der Waals surface area (Å²) in [4.78, 5) is 26.4. The number of hydrogen-bond acceptors (Lipinski definition) is 7. The number of thioether (sulfide) groups is 1. The van der Waals surface area contributed by atoms with Crippen LogP contribution in [0.15, 0.2) is 39.7 Å². The normalized spacial score (nSPS) is 14.5. The van der Waals surface area contributed by atoms with Gasteiger partial charge in [-0.2, -0.15) is 0 Å². The van der Waals surface area contributed by atoms with E-state index in [0.29, 0.717) is 54.8 Å². The van der Waals surface area contributed by atoms with Crippen LogP contribution in [0.25, 0.3) is 6.08 Å². The van der Waals surface area contributed by atoms with E-state index in [-0.39, 0.29) is 24.9 Å². The zero-order valence-corrected chi connectivity index (χ0v) is 23.7. The van der Waals surface area contributed by atoms with Crippen LogP contribution in [-0.4, -0.2) is 41.4 Å². The van der Waals surface area contributed by atoms with Gasteiger partial charge in [0.1, 0.15) is 10.9 Å². The summed E-state index contributed by atoms with van der Waals surface area (Å²) in [7, 11) is 1.54. The predicted molar refractivity (Wildman–Crippen MR) is 147 cm³/mol. The molecule has 1 fully saturated rings. The number of amides is 1. The third kappa shape index (κ3) is 7.36. The highest BCUT2D eigenvalue weighted by Gasteiger charge is 2.31. The SMILES string of the molecule is CCOC(=O)CCCN1C(=O)/C(=C/c2cc(Br)c(OCc3ccc(Cl)cc3Cl)c(OC)c2)SC1=S. The lowest BCUT2D eigenvalue weighted by Crippen LogP contribution is -2.29. The maximum absolute atomic E-state index is 12.9. The molecule has 1 heterocycles. The van der Waals surface area contributed by atoms with E-state index in [0.717, 1.165) is 11.1 Å². The van der Waals surface area contributed by atoms with E-state index < -0.39 is 0 Å². The molecule has 0 aromatic heterocycles. The predicted octanol–water partition coefficient (Wildman–Crippen LogP) is 6.89. The zero-order chi connectivity index (χ0) is 25.5. The van der Waals surface area contributed by atoms with Crippen LogP contribution >= 0.6 is 63.1 Å². The van der Waals surface area contributed by atoms with Crippen LogP contribution in [0.4, 0.5) is 0 Å². The van der Waals surface area contributed by atoms with Crippen LogP contribution in [-0.2, 0) is 20.9 Å². The van der Waals surface area contributed by atoms with Crippen molar-refractivity contribution in [2.75, 3.05) is 20.3 Å². The van der Waals surface area contributed by atoms with Gasteiger partial charge in [-0.3, -0.25) is 14.5 Å². The Morgan fingerprint density at radius 3 is 2.71 bits per heavy atom. The standard InChI is InChI=1S/C24H22BrCl2NO5S2/c1-3-32-21(29)5-4-8-28-23(30)20(35-24(28)34)11-14-9-17(25)22(19(10-14)31-2)33-13-15-6-7-16(26)12-18(15)27/h6-7,9-12H,3-5,8,13H2,1-2H3/b20-11-. The highest BCUT2D eigenvalue weighted by Crippen LogP contribution is 2.40. The van der Waals surface area contributed by atoms with Crippen molar-refractivity contribution in [3.8, 4) is 11.5 Å². The minimum absolute atomic E-state index is 0.198. The molecule has 0 N–H and O–H groups in total. The minimum atomic E-state index is -0.286. The number of halogens is 3. The van der Waals surface area contributed by atoms with Gasteiger partial charge in [-0.15, -0.1) is 0 Å². The number of esters is 1. The van der Waals surface area contributed by atoms with Crippen molar-refractivity contribution >= 4 is 85.4 Å². The van der Waals surface area contributed by atoms with Gasteiger partial charge in [-0.1, -0.05) is 53.2 Å². The summed E-state index contributed by atoms with van der Waals surface area (Å²) in [6, 6.07) is 8.80. The molecule has 11 heteroatoms. The topological polar surface area (TPSA) is 65.1 Å². The Morgan fingerprint density at radius 1 is 1.26 bits per heavy atom. The van der Waals surface area contributed by atoms with Gasteiger partial charge >= 0.3 is 5.97 Å². The molecule has 0 bridgehead atoms. The molecular formula is C24H22BrCl2NO5S2. The number of benzene rings is 2. The molecule has 0 aliphatic carbocycles. The molecular weight excluding hydrogens is 597 g/mol. The summed E-state index contributed by atoms with van der Waals surface area (Å²) in [5, 5.41) is 1.06. The Morgan fingerprint density at radius 2 is 2.03 bits per heavy atom. The molecule has 1 aliphatic heterocycles. The molecule has 1 saturated heterocycles. The quantitative estimate of drug-likeness (QED) is 0.163. The molecule has 0 saturated carbocycles. The fraction of sp³-hybridized carbons (Fsp3) is 0.292. The molecule has 2 aromatic carbocycles. The van der Waals surface area contributed by atoms with Crippen LogP contribution in [0.3, 0.4) is 0 Å². The fourth-order valence-corrected chi connectivity index (χ4v) is 5.56. The van der Waals surface area contributed by atoms with Gasteiger partial charge in [0.15, 0.2) is 11.5 Å². The lowest BCUT2D eigenvalue weighted by Gasteiger charge is -2.15. The van der Waals surface area contributed by atoms with E-state index >= 15 is 0 Å². The molecule has 35 heavy (non-hydrogen) atoms. The first-order valence-corrected chi connectivity index (χ1v) is 13.4. The highest BCUT2D eigenvalue weighted by atomic mass is 79.9. The van der Waals surface area contributed by atoms with Crippen LogP contribution in [0, 0.1) is 0 Å². The first-order chi connectivity index (χ1) is 16.7. The number of carbonyl (C=O) groups excluding carboxylic acids is 2. The molecule has 1 aliphatic rings. The Hall–Kier alpha value is -1.78. The average Bonchev–Trinajstić information content (AvgIpc) is 3.06. The van der Waals surface area contributed by atoms with E-state index in [4.69, 9.17) is 49.6 Å². The third-order valence-electron chi connectivity index (χ3n) is 4.88. The average molecular weight is 619 g/mol. The lowest BCUT2D eigenvalue weighted by atomic mass is 10.1. The first kappa shape index (κ1) is 27.8. The molecule has 3 rings (SSSR count). The molecule has 0 atom stereocenters. The monoisotopic (exact) mass is 617 g/mol. The zero-order valence-electron chi connectivity index (χ0n) is 18.9. The third-order valence-corrected chi connectivity index (χ3v) is 7.43. The second-order valence-electron chi connectivity index (χ2n) is 7.30. The molecule has 1 amide bonds. The second-order valence-corrected chi connectivity index (χ2v) is 10.7. The molecule has 6 nitrogen and oxygen atoms in total. The van der Waals surface area contributed by atoms with Gasteiger partial charge in [-0.05, 0) is 65.2 Å². The number of hydrogen-bond donors (Lipinski definition) is 0. The second kappa shape index (κ2) is 13.0.